The standard InChI is InChI=1S/C18H22ClF3N6O2/c1-17(2,3)30-16(29)27-7-5-4-6-13(27)28-10-11(8-24-28)25-15-23-9-12(14(19)26-15)18(20,21)22/h8-10,13H,4-7H2,1-3H3,(H,23,25,26). The average Bonchev–Trinajstić information content (AvgIpc) is 3.07. The normalized spacial score (nSPS) is 17.7. The molecule has 2 aromatic heterocycles. The summed E-state index contributed by atoms with van der Waals surface area (Å²) in [7, 11) is 0. The third-order valence-electron chi connectivity index (χ3n) is 4.31. The minimum absolute atomic E-state index is 0.0970. The predicted octanol–water partition coefficient (Wildman–Crippen LogP) is 5.01. The van der Waals surface area contributed by atoms with E-state index in [4.69, 9.17) is 16.3 Å². The van der Waals surface area contributed by atoms with E-state index in [1.165, 1.54) is 6.20 Å². The Morgan fingerprint density at radius 1 is 1.27 bits per heavy atom. The van der Waals surface area contributed by atoms with E-state index in [2.05, 4.69) is 20.4 Å². The van der Waals surface area contributed by atoms with E-state index in [-0.39, 0.29) is 12.1 Å². The van der Waals surface area contributed by atoms with E-state index in [0.717, 1.165) is 12.8 Å². The molecule has 1 fully saturated rings. The van der Waals surface area contributed by atoms with Gasteiger partial charge in [0.2, 0.25) is 5.95 Å². The van der Waals surface area contributed by atoms with Gasteiger partial charge in [0.1, 0.15) is 22.5 Å². The first-order valence-corrected chi connectivity index (χ1v) is 9.72. The summed E-state index contributed by atoms with van der Waals surface area (Å²) in [4.78, 5) is 21.5. The maximum absolute atomic E-state index is 12.8. The highest BCUT2D eigenvalue weighted by Gasteiger charge is 2.35. The van der Waals surface area contributed by atoms with Crippen LogP contribution in [-0.4, -0.2) is 42.9 Å². The van der Waals surface area contributed by atoms with Crippen LogP contribution in [0.25, 0.3) is 0 Å². The molecular weight excluding hydrogens is 425 g/mol. The number of nitrogens with one attached hydrogen (secondary N) is 1. The number of nitrogens with zero attached hydrogens (tertiary/aromatic N) is 5. The molecule has 1 aliphatic rings. The topological polar surface area (TPSA) is 85.2 Å². The van der Waals surface area contributed by atoms with Gasteiger partial charge in [0.15, 0.2) is 0 Å². The van der Waals surface area contributed by atoms with E-state index >= 15 is 0 Å². The van der Waals surface area contributed by atoms with E-state index in [0.29, 0.717) is 24.8 Å². The van der Waals surface area contributed by atoms with Gasteiger partial charge in [-0.1, -0.05) is 11.6 Å². The van der Waals surface area contributed by atoms with Gasteiger partial charge in [0.05, 0.1) is 18.1 Å². The van der Waals surface area contributed by atoms with Crippen LogP contribution in [0.3, 0.4) is 0 Å². The van der Waals surface area contributed by atoms with Crippen molar-refractivity contribution in [1.82, 2.24) is 24.6 Å². The zero-order valence-electron chi connectivity index (χ0n) is 16.7. The molecule has 0 aliphatic carbocycles. The van der Waals surface area contributed by atoms with Gasteiger partial charge in [-0.3, -0.25) is 4.90 Å². The van der Waals surface area contributed by atoms with Gasteiger partial charge in [-0.25, -0.2) is 19.4 Å². The summed E-state index contributed by atoms with van der Waals surface area (Å²) in [5.74, 6) is -0.0970. The monoisotopic (exact) mass is 446 g/mol. The lowest BCUT2D eigenvalue weighted by Gasteiger charge is -2.36. The zero-order valence-corrected chi connectivity index (χ0v) is 17.5. The maximum Gasteiger partial charge on any atom is 0.420 e. The largest absolute Gasteiger partial charge is 0.444 e. The second-order valence-corrected chi connectivity index (χ2v) is 8.24. The average molecular weight is 447 g/mol. The summed E-state index contributed by atoms with van der Waals surface area (Å²) >= 11 is 5.62. The van der Waals surface area contributed by atoms with Crippen LogP contribution in [0.1, 0.15) is 51.8 Å². The van der Waals surface area contributed by atoms with Crippen molar-refractivity contribution in [3.05, 3.63) is 29.3 Å². The van der Waals surface area contributed by atoms with Gasteiger partial charge in [0, 0.05) is 12.7 Å². The van der Waals surface area contributed by atoms with Crippen LogP contribution in [0.5, 0.6) is 0 Å². The van der Waals surface area contributed by atoms with Crippen LogP contribution < -0.4 is 5.32 Å². The Morgan fingerprint density at radius 2 is 2.00 bits per heavy atom. The summed E-state index contributed by atoms with van der Waals surface area (Å²) in [6.45, 7) is 5.94. The van der Waals surface area contributed by atoms with Crippen LogP contribution in [0.2, 0.25) is 5.15 Å². The molecule has 8 nitrogen and oxygen atoms in total. The van der Waals surface area contributed by atoms with Gasteiger partial charge in [0.25, 0.3) is 0 Å². The third-order valence-corrected chi connectivity index (χ3v) is 4.60. The number of rotatable bonds is 3. The number of carbonyl (C=O) groups excluding carboxylic acids is 1. The number of halogens is 4. The molecule has 3 rings (SSSR count). The summed E-state index contributed by atoms with van der Waals surface area (Å²) in [5.41, 5.74) is -1.28. The van der Waals surface area contributed by atoms with E-state index in [1.54, 1.807) is 36.5 Å². The molecule has 0 saturated carbocycles. The Kier molecular flexibility index (Phi) is 6.11. The predicted molar refractivity (Wildman–Crippen MR) is 103 cm³/mol. The Labute approximate surface area is 176 Å². The van der Waals surface area contributed by atoms with Crippen LogP contribution in [0, 0.1) is 0 Å². The SMILES string of the molecule is CC(C)(C)OC(=O)N1CCCCC1n1cc(Nc2ncc(C(F)(F)F)c(Cl)n2)cn1. The molecule has 1 unspecified atom stereocenters. The molecule has 0 aromatic carbocycles. The third kappa shape index (κ3) is 5.32. The molecule has 1 saturated heterocycles. The maximum atomic E-state index is 12.8. The number of hydrogen-bond acceptors (Lipinski definition) is 6. The molecule has 1 amide bonds. The molecular formula is C18H22ClF3N6O2. The highest BCUT2D eigenvalue weighted by atomic mass is 35.5. The first-order valence-electron chi connectivity index (χ1n) is 9.34. The van der Waals surface area contributed by atoms with Crippen molar-refractivity contribution < 1.29 is 22.7 Å². The Morgan fingerprint density at radius 3 is 2.63 bits per heavy atom. The molecule has 0 bridgehead atoms. The highest BCUT2D eigenvalue weighted by Crippen LogP contribution is 2.34. The molecule has 2 aromatic rings. The van der Waals surface area contributed by atoms with Gasteiger partial charge in [-0.05, 0) is 40.0 Å². The number of anilines is 2. The number of aromatic nitrogens is 4. The van der Waals surface area contributed by atoms with Gasteiger partial charge in [-0.2, -0.15) is 18.3 Å². The lowest BCUT2D eigenvalue weighted by molar-refractivity contribution is -0.137. The molecule has 1 atom stereocenters. The fraction of sp³-hybridized carbons (Fsp3) is 0.556. The fourth-order valence-corrected chi connectivity index (χ4v) is 3.26. The molecule has 30 heavy (non-hydrogen) atoms. The number of likely N-dealkylation sites (tertiary alicyclic amines) is 1. The van der Waals surface area contributed by atoms with Crippen LogP contribution in [0.15, 0.2) is 18.6 Å². The molecule has 0 spiro atoms. The van der Waals surface area contributed by atoms with E-state index in [9.17, 15) is 18.0 Å². The van der Waals surface area contributed by atoms with Crippen molar-refractivity contribution in [2.75, 3.05) is 11.9 Å². The first kappa shape index (κ1) is 22.1. The van der Waals surface area contributed by atoms with Crippen molar-refractivity contribution in [2.45, 2.75) is 58.0 Å². The Bertz CT molecular complexity index is 912. The lowest BCUT2D eigenvalue weighted by Crippen LogP contribution is -2.44. The summed E-state index contributed by atoms with van der Waals surface area (Å²) in [6.07, 6.45) is 0.808. The summed E-state index contributed by atoms with van der Waals surface area (Å²) in [6, 6.07) is 0. The number of hydrogen-bond donors (Lipinski definition) is 1. The second kappa shape index (κ2) is 8.29. The Hall–Kier alpha value is -2.56. The second-order valence-electron chi connectivity index (χ2n) is 7.88. The van der Waals surface area contributed by atoms with Gasteiger partial charge < -0.3 is 10.1 Å². The molecule has 3 heterocycles. The van der Waals surface area contributed by atoms with Crippen LogP contribution >= 0.6 is 11.6 Å². The number of carbonyl (C=O) groups is 1. The Balaban J connectivity index is 1.75. The molecule has 1 aliphatic heterocycles. The van der Waals surface area contributed by atoms with E-state index in [1.807, 2.05) is 0 Å². The number of piperidine rings is 1. The minimum atomic E-state index is -4.63. The molecule has 164 valence electrons. The van der Waals surface area contributed by atoms with Crippen molar-refractivity contribution >= 4 is 29.3 Å². The number of ether oxygens (including phenoxy) is 1. The molecule has 0 radical (unpaired) electrons. The first-order chi connectivity index (χ1) is 13.9. The quantitative estimate of drug-likeness (QED) is 0.667. The minimum Gasteiger partial charge on any atom is -0.444 e. The molecule has 12 heteroatoms. The zero-order chi connectivity index (χ0) is 22.1. The van der Waals surface area contributed by atoms with Gasteiger partial charge >= 0.3 is 12.3 Å². The van der Waals surface area contributed by atoms with Crippen LogP contribution in [0.4, 0.5) is 29.6 Å². The van der Waals surface area contributed by atoms with Crippen molar-refractivity contribution in [1.29, 1.82) is 0 Å². The van der Waals surface area contributed by atoms with Gasteiger partial charge in [-0.15, -0.1) is 0 Å². The number of alkyl halides is 3. The highest BCUT2D eigenvalue weighted by molar-refractivity contribution is 6.30. The van der Waals surface area contributed by atoms with Crippen LogP contribution in [-0.2, 0) is 10.9 Å². The van der Waals surface area contributed by atoms with Crippen molar-refractivity contribution in [3.8, 4) is 0 Å². The van der Waals surface area contributed by atoms with Crippen molar-refractivity contribution in [3.63, 3.8) is 0 Å². The van der Waals surface area contributed by atoms with Crippen molar-refractivity contribution in [2.24, 2.45) is 0 Å². The molecule has 1 N–H and O–H groups in total. The summed E-state index contributed by atoms with van der Waals surface area (Å²) < 4.78 is 45.4. The number of amides is 1. The fourth-order valence-electron chi connectivity index (χ4n) is 3.03. The smallest absolute Gasteiger partial charge is 0.420 e. The summed E-state index contributed by atoms with van der Waals surface area (Å²) in [5, 5.41) is 6.36. The lowest BCUT2D eigenvalue weighted by atomic mass is 10.1. The van der Waals surface area contributed by atoms with E-state index < -0.39 is 28.6 Å².